The molecule has 0 amide bonds. The van der Waals surface area contributed by atoms with Crippen molar-refractivity contribution in [1.82, 2.24) is 19.6 Å². The Morgan fingerprint density at radius 2 is 1.81 bits per heavy atom. The number of aromatic nitrogens is 4. The third kappa shape index (κ3) is 3.33. The fourth-order valence-electron chi connectivity index (χ4n) is 2.69. The lowest BCUT2D eigenvalue weighted by Gasteiger charge is -2.19. The molecule has 26 heavy (non-hydrogen) atoms. The van der Waals surface area contributed by atoms with E-state index < -0.39 is 11.7 Å². The molecule has 0 spiro atoms. The second kappa shape index (κ2) is 6.33. The third-order valence-corrected chi connectivity index (χ3v) is 3.80. The zero-order valence-corrected chi connectivity index (χ0v) is 15.5. The molecular formula is C19H22N4O3. The van der Waals surface area contributed by atoms with Crippen molar-refractivity contribution in [3.63, 3.8) is 0 Å². The molecule has 0 aliphatic rings. The van der Waals surface area contributed by atoms with Crippen LogP contribution in [0.2, 0.25) is 0 Å². The van der Waals surface area contributed by atoms with Crippen LogP contribution >= 0.6 is 0 Å². The minimum atomic E-state index is -0.625. The van der Waals surface area contributed by atoms with E-state index >= 15 is 0 Å². The molecule has 0 aliphatic carbocycles. The second-order valence-electron chi connectivity index (χ2n) is 7.15. The number of nitrogens with one attached hydrogen (secondary N) is 1. The largest absolute Gasteiger partial charge is 0.442 e. The zero-order valence-electron chi connectivity index (χ0n) is 15.5. The van der Waals surface area contributed by atoms with Gasteiger partial charge in [0.05, 0.1) is 11.3 Å². The minimum Gasteiger partial charge on any atom is -0.442 e. The molecule has 3 aromatic rings. The number of hydrogen-bond donors (Lipinski definition) is 1. The predicted octanol–water partition coefficient (Wildman–Crippen LogP) is 3.43. The van der Waals surface area contributed by atoms with Gasteiger partial charge in [0.15, 0.2) is 0 Å². The van der Waals surface area contributed by atoms with Crippen molar-refractivity contribution in [2.45, 2.75) is 40.2 Å². The van der Waals surface area contributed by atoms with Crippen LogP contribution in [0, 0.1) is 13.8 Å². The fraction of sp³-hybridized carbons (Fsp3) is 0.316. The van der Waals surface area contributed by atoms with Gasteiger partial charge < -0.3 is 4.74 Å². The van der Waals surface area contributed by atoms with E-state index in [0.717, 1.165) is 5.69 Å². The maximum Gasteiger partial charge on any atom is 0.435 e. The van der Waals surface area contributed by atoms with E-state index in [1.54, 1.807) is 40.7 Å². The monoisotopic (exact) mass is 354 g/mol. The van der Waals surface area contributed by atoms with Crippen molar-refractivity contribution >= 4 is 6.09 Å². The normalized spacial score (nSPS) is 11.6. The fourth-order valence-corrected chi connectivity index (χ4v) is 2.69. The molecular weight excluding hydrogens is 332 g/mol. The molecule has 0 fully saturated rings. The number of carbonyl (C=O) groups excluding carboxylic acids is 1. The van der Waals surface area contributed by atoms with Gasteiger partial charge in [0.1, 0.15) is 11.3 Å². The van der Waals surface area contributed by atoms with Gasteiger partial charge in [-0.15, -0.1) is 0 Å². The molecule has 3 rings (SSSR count). The summed E-state index contributed by atoms with van der Waals surface area (Å²) in [5.41, 5.74) is 2.02. The Bertz CT molecular complexity index is 1000. The molecule has 136 valence electrons. The standard InChI is InChI=1S/C19H22N4O3/c1-12-11-15(21-22(12)18(25)26-19(3,4)5)16-13(2)20-23(17(16)24)14-9-7-6-8-10-14/h6-11,20H,1-5H3. The van der Waals surface area contributed by atoms with Crippen molar-refractivity contribution < 1.29 is 9.53 Å². The smallest absolute Gasteiger partial charge is 0.435 e. The van der Waals surface area contributed by atoms with Crippen LogP contribution in [0.1, 0.15) is 32.2 Å². The van der Waals surface area contributed by atoms with Crippen LogP contribution < -0.4 is 5.56 Å². The summed E-state index contributed by atoms with van der Waals surface area (Å²) in [4.78, 5) is 25.2. The van der Waals surface area contributed by atoms with Gasteiger partial charge in [-0.05, 0) is 52.8 Å². The Morgan fingerprint density at radius 1 is 1.15 bits per heavy atom. The molecule has 0 atom stereocenters. The molecule has 0 bridgehead atoms. The van der Waals surface area contributed by atoms with Crippen LogP contribution in [-0.2, 0) is 4.74 Å². The summed E-state index contributed by atoms with van der Waals surface area (Å²) >= 11 is 0. The lowest BCUT2D eigenvalue weighted by atomic mass is 10.2. The summed E-state index contributed by atoms with van der Waals surface area (Å²) in [7, 11) is 0. The molecule has 0 aliphatic heterocycles. The number of carbonyl (C=O) groups is 1. The molecule has 7 nitrogen and oxygen atoms in total. The summed E-state index contributed by atoms with van der Waals surface area (Å²) in [6, 6.07) is 11.0. The van der Waals surface area contributed by atoms with Crippen molar-refractivity contribution in [2.75, 3.05) is 0 Å². The van der Waals surface area contributed by atoms with Crippen molar-refractivity contribution in [3.8, 4) is 16.9 Å². The van der Waals surface area contributed by atoms with Crippen molar-refractivity contribution in [1.29, 1.82) is 0 Å². The van der Waals surface area contributed by atoms with Gasteiger partial charge in [0.25, 0.3) is 5.56 Å². The third-order valence-electron chi connectivity index (χ3n) is 3.80. The highest BCUT2D eigenvalue weighted by molar-refractivity contribution is 5.73. The van der Waals surface area contributed by atoms with Gasteiger partial charge in [-0.3, -0.25) is 9.89 Å². The summed E-state index contributed by atoms with van der Waals surface area (Å²) in [6.45, 7) is 8.93. The first-order valence-electron chi connectivity index (χ1n) is 8.35. The average Bonchev–Trinajstić information content (AvgIpc) is 3.06. The molecule has 0 unspecified atom stereocenters. The van der Waals surface area contributed by atoms with Crippen LogP contribution in [0.4, 0.5) is 4.79 Å². The van der Waals surface area contributed by atoms with E-state index in [2.05, 4.69) is 10.2 Å². The second-order valence-corrected chi connectivity index (χ2v) is 7.15. The zero-order chi connectivity index (χ0) is 19.1. The number of H-pyrrole nitrogens is 1. The van der Waals surface area contributed by atoms with Crippen LogP contribution in [-0.4, -0.2) is 31.3 Å². The van der Waals surface area contributed by atoms with E-state index in [-0.39, 0.29) is 5.56 Å². The summed E-state index contributed by atoms with van der Waals surface area (Å²) in [5, 5.41) is 7.36. The van der Waals surface area contributed by atoms with E-state index in [1.165, 1.54) is 9.36 Å². The molecule has 1 aromatic carbocycles. The number of para-hydroxylation sites is 1. The number of nitrogens with zero attached hydrogens (tertiary/aromatic N) is 3. The number of hydrogen-bond acceptors (Lipinski definition) is 4. The molecule has 0 radical (unpaired) electrons. The maximum atomic E-state index is 12.9. The van der Waals surface area contributed by atoms with Gasteiger partial charge in [0.2, 0.25) is 0 Å². The Hall–Kier alpha value is -3.09. The number of ether oxygens (including phenoxy) is 1. The molecule has 2 heterocycles. The highest BCUT2D eigenvalue weighted by atomic mass is 16.6. The first-order valence-corrected chi connectivity index (χ1v) is 8.35. The average molecular weight is 354 g/mol. The van der Waals surface area contributed by atoms with E-state index in [0.29, 0.717) is 22.6 Å². The van der Waals surface area contributed by atoms with E-state index in [9.17, 15) is 9.59 Å². The lowest BCUT2D eigenvalue weighted by molar-refractivity contribution is 0.0511. The van der Waals surface area contributed by atoms with Gasteiger partial charge in [-0.1, -0.05) is 18.2 Å². The van der Waals surface area contributed by atoms with Gasteiger partial charge >= 0.3 is 6.09 Å². The minimum absolute atomic E-state index is 0.220. The molecule has 2 aromatic heterocycles. The molecule has 7 heteroatoms. The highest BCUT2D eigenvalue weighted by Crippen LogP contribution is 2.20. The molecule has 0 saturated carbocycles. The Balaban J connectivity index is 2.04. The van der Waals surface area contributed by atoms with E-state index in [4.69, 9.17) is 4.74 Å². The van der Waals surface area contributed by atoms with Gasteiger partial charge in [-0.25, -0.2) is 9.48 Å². The summed E-state index contributed by atoms with van der Waals surface area (Å²) in [5.74, 6) is 0. The Kier molecular flexibility index (Phi) is 4.31. The highest BCUT2D eigenvalue weighted by Gasteiger charge is 2.23. The molecule has 1 N–H and O–H groups in total. The number of aromatic amines is 1. The first-order chi connectivity index (χ1) is 12.2. The topological polar surface area (TPSA) is 81.9 Å². The number of aryl methyl sites for hydroxylation is 2. The van der Waals surface area contributed by atoms with Crippen LogP contribution in [0.25, 0.3) is 16.9 Å². The quantitative estimate of drug-likeness (QED) is 0.764. The van der Waals surface area contributed by atoms with Crippen LogP contribution in [0.15, 0.2) is 41.2 Å². The first kappa shape index (κ1) is 17.7. The van der Waals surface area contributed by atoms with Gasteiger partial charge in [-0.2, -0.15) is 9.78 Å². The molecule has 0 saturated heterocycles. The Morgan fingerprint density at radius 3 is 2.42 bits per heavy atom. The Labute approximate surface area is 151 Å². The number of benzene rings is 1. The van der Waals surface area contributed by atoms with Crippen molar-refractivity contribution in [3.05, 3.63) is 58.1 Å². The maximum absolute atomic E-state index is 12.9. The SMILES string of the molecule is Cc1[nH]n(-c2ccccc2)c(=O)c1-c1cc(C)n(C(=O)OC(C)(C)C)n1. The van der Waals surface area contributed by atoms with Crippen LogP contribution in [0.3, 0.4) is 0 Å². The van der Waals surface area contributed by atoms with Gasteiger partial charge in [0, 0.05) is 11.4 Å². The lowest BCUT2D eigenvalue weighted by Crippen LogP contribution is -2.28. The number of rotatable bonds is 2. The van der Waals surface area contributed by atoms with Crippen LogP contribution in [0.5, 0.6) is 0 Å². The van der Waals surface area contributed by atoms with Crippen molar-refractivity contribution in [2.24, 2.45) is 0 Å². The van der Waals surface area contributed by atoms with E-state index in [1.807, 2.05) is 30.3 Å². The summed E-state index contributed by atoms with van der Waals surface area (Å²) < 4.78 is 8.00. The predicted molar refractivity (Wildman–Crippen MR) is 98.7 cm³/mol. The summed E-state index contributed by atoms with van der Waals surface area (Å²) in [6.07, 6.45) is -0.571.